The SMILES string of the molecule is Cc1c(-c2cc(N)c(=O)n(CC(C)C)c2)cnn1C. The van der Waals surface area contributed by atoms with Crippen molar-refractivity contribution in [2.45, 2.75) is 27.3 Å². The number of rotatable bonds is 3. The molecule has 2 aromatic heterocycles. The Morgan fingerprint density at radius 1 is 1.42 bits per heavy atom. The Balaban J connectivity index is 2.56. The van der Waals surface area contributed by atoms with E-state index in [1.807, 2.05) is 24.9 Å². The van der Waals surface area contributed by atoms with Gasteiger partial charge in [-0.1, -0.05) is 13.8 Å². The third-order valence-corrected chi connectivity index (χ3v) is 3.22. The van der Waals surface area contributed by atoms with Crippen LogP contribution < -0.4 is 11.3 Å². The summed E-state index contributed by atoms with van der Waals surface area (Å²) in [6.07, 6.45) is 3.66. The van der Waals surface area contributed by atoms with Gasteiger partial charge in [-0.25, -0.2) is 0 Å². The summed E-state index contributed by atoms with van der Waals surface area (Å²) in [6, 6.07) is 1.73. The van der Waals surface area contributed by atoms with Crippen molar-refractivity contribution in [3.05, 3.63) is 34.5 Å². The van der Waals surface area contributed by atoms with E-state index in [2.05, 4.69) is 18.9 Å². The van der Waals surface area contributed by atoms with Gasteiger partial charge in [0.15, 0.2) is 0 Å². The predicted octanol–water partition coefficient (Wildman–Crippen LogP) is 1.80. The number of nitrogens with two attached hydrogens (primary N) is 1. The summed E-state index contributed by atoms with van der Waals surface area (Å²) in [4.78, 5) is 12.0. The number of pyridine rings is 1. The molecule has 102 valence electrons. The number of aromatic nitrogens is 3. The molecule has 2 aromatic rings. The van der Waals surface area contributed by atoms with Crippen molar-refractivity contribution in [1.29, 1.82) is 0 Å². The molecule has 0 aliphatic rings. The molecule has 0 spiro atoms. The van der Waals surface area contributed by atoms with E-state index in [0.717, 1.165) is 16.8 Å². The molecule has 2 rings (SSSR count). The molecule has 0 fully saturated rings. The monoisotopic (exact) mass is 260 g/mol. The summed E-state index contributed by atoms with van der Waals surface area (Å²) in [5, 5.41) is 4.22. The van der Waals surface area contributed by atoms with E-state index in [1.54, 1.807) is 16.8 Å². The predicted molar refractivity (Wildman–Crippen MR) is 76.9 cm³/mol. The number of nitrogen functional groups attached to an aromatic ring is 1. The van der Waals surface area contributed by atoms with Gasteiger partial charge in [-0.05, 0) is 18.9 Å². The summed E-state index contributed by atoms with van der Waals surface area (Å²) in [6.45, 7) is 6.81. The van der Waals surface area contributed by atoms with Crippen LogP contribution in [0, 0.1) is 12.8 Å². The zero-order chi connectivity index (χ0) is 14.2. The fourth-order valence-electron chi connectivity index (χ4n) is 2.12. The van der Waals surface area contributed by atoms with Gasteiger partial charge in [0.1, 0.15) is 0 Å². The number of aryl methyl sites for hydroxylation is 1. The number of hydrogen-bond acceptors (Lipinski definition) is 3. The van der Waals surface area contributed by atoms with Crippen LogP contribution in [0.1, 0.15) is 19.5 Å². The van der Waals surface area contributed by atoms with Crippen LogP contribution in [-0.2, 0) is 13.6 Å². The molecule has 2 heterocycles. The number of hydrogen-bond donors (Lipinski definition) is 1. The maximum Gasteiger partial charge on any atom is 0.273 e. The number of anilines is 1. The van der Waals surface area contributed by atoms with Crippen LogP contribution in [0.2, 0.25) is 0 Å². The molecule has 0 amide bonds. The molecule has 0 saturated carbocycles. The van der Waals surface area contributed by atoms with E-state index in [1.165, 1.54) is 0 Å². The second-order valence-electron chi connectivity index (χ2n) is 5.30. The van der Waals surface area contributed by atoms with Crippen LogP contribution in [0.3, 0.4) is 0 Å². The molecule has 0 radical (unpaired) electrons. The first-order valence-electron chi connectivity index (χ1n) is 6.39. The van der Waals surface area contributed by atoms with Crippen molar-refractivity contribution < 1.29 is 0 Å². The molecule has 0 bridgehead atoms. The first-order chi connectivity index (χ1) is 8.90. The fourth-order valence-corrected chi connectivity index (χ4v) is 2.12. The van der Waals surface area contributed by atoms with Crippen molar-refractivity contribution in [3.8, 4) is 11.1 Å². The van der Waals surface area contributed by atoms with Crippen LogP contribution >= 0.6 is 0 Å². The second kappa shape index (κ2) is 4.91. The van der Waals surface area contributed by atoms with E-state index < -0.39 is 0 Å². The summed E-state index contributed by atoms with van der Waals surface area (Å²) in [5.41, 5.74) is 8.97. The summed E-state index contributed by atoms with van der Waals surface area (Å²) < 4.78 is 3.49. The minimum atomic E-state index is -0.126. The largest absolute Gasteiger partial charge is 0.394 e. The van der Waals surface area contributed by atoms with Crippen molar-refractivity contribution in [1.82, 2.24) is 14.3 Å². The van der Waals surface area contributed by atoms with Gasteiger partial charge in [-0.3, -0.25) is 9.48 Å². The summed E-state index contributed by atoms with van der Waals surface area (Å²) in [5.74, 6) is 0.391. The molecule has 0 aromatic carbocycles. The maximum atomic E-state index is 12.0. The van der Waals surface area contributed by atoms with Gasteiger partial charge in [0.25, 0.3) is 5.56 Å². The van der Waals surface area contributed by atoms with Crippen LogP contribution in [0.4, 0.5) is 5.69 Å². The van der Waals surface area contributed by atoms with E-state index in [4.69, 9.17) is 5.73 Å². The lowest BCUT2D eigenvalue weighted by Gasteiger charge is -2.12. The molecule has 0 aliphatic carbocycles. The third kappa shape index (κ3) is 2.54. The van der Waals surface area contributed by atoms with Crippen molar-refractivity contribution in [2.24, 2.45) is 13.0 Å². The van der Waals surface area contributed by atoms with Crippen LogP contribution in [-0.4, -0.2) is 14.3 Å². The van der Waals surface area contributed by atoms with Gasteiger partial charge in [-0.15, -0.1) is 0 Å². The Kier molecular flexibility index (Phi) is 3.46. The summed E-state index contributed by atoms with van der Waals surface area (Å²) >= 11 is 0. The first-order valence-corrected chi connectivity index (χ1v) is 6.39. The quantitative estimate of drug-likeness (QED) is 0.915. The van der Waals surface area contributed by atoms with Gasteiger partial charge in [0, 0.05) is 36.6 Å². The Morgan fingerprint density at radius 3 is 2.63 bits per heavy atom. The Labute approximate surface area is 112 Å². The normalized spacial score (nSPS) is 11.2. The molecule has 5 nitrogen and oxygen atoms in total. The first kappa shape index (κ1) is 13.4. The zero-order valence-electron chi connectivity index (χ0n) is 11.8. The molecular weight excluding hydrogens is 240 g/mol. The van der Waals surface area contributed by atoms with Gasteiger partial charge < -0.3 is 10.3 Å². The highest BCUT2D eigenvalue weighted by Crippen LogP contribution is 2.23. The van der Waals surface area contributed by atoms with Gasteiger partial charge >= 0.3 is 0 Å². The van der Waals surface area contributed by atoms with Crippen molar-refractivity contribution in [2.75, 3.05) is 5.73 Å². The van der Waals surface area contributed by atoms with E-state index in [-0.39, 0.29) is 11.2 Å². The highest BCUT2D eigenvalue weighted by Gasteiger charge is 2.11. The van der Waals surface area contributed by atoms with E-state index in [0.29, 0.717) is 12.5 Å². The average Bonchev–Trinajstić information content (AvgIpc) is 2.65. The molecule has 0 unspecified atom stereocenters. The van der Waals surface area contributed by atoms with Gasteiger partial charge in [0.05, 0.1) is 11.9 Å². The lowest BCUT2D eigenvalue weighted by molar-refractivity contribution is 0.512. The lowest BCUT2D eigenvalue weighted by atomic mass is 10.1. The van der Waals surface area contributed by atoms with Crippen LogP contribution in [0.5, 0.6) is 0 Å². The molecular formula is C14H20N4O. The molecule has 5 heteroatoms. The van der Waals surface area contributed by atoms with Gasteiger partial charge in [0.2, 0.25) is 0 Å². The smallest absolute Gasteiger partial charge is 0.273 e. The maximum absolute atomic E-state index is 12.0. The van der Waals surface area contributed by atoms with Crippen molar-refractivity contribution >= 4 is 5.69 Å². The molecule has 0 aliphatic heterocycles. The third-order valence-electron chi connectivity index (χ3n) is 3.22. The number of nitrogens with zero attached hydrogens (tertiary/aromatic N) is 3. The molecule has 0 saturated heterocycles. The molecule has 19 heavy (non-hydrogen) atoms. The summed E-state index contributed by atoms with van der Waals surface area (Å²) in [7, 11) is 1.90. The van der Waals surface area contributed by atoms with Crippen LogP contribution in [0.25, 0.3) is 11.1 Å². The highest BCUT2D eigenvalue weighted by molar-refractivity contribution is 5.67. The Hall–Kier alpha value is -2.04. The standard InChI is InChI=1S/C14H20N4O/c1-9(2)7-18-8-11(5-13(15)14(18)19)12-6-16-17(4)10(12)3/h5-6,8-9H,7,15H2,1-4H3. The molecule has 2 N–H and O–H groups in total. The zero-order valence-corrected chi connectivity index (χ0v) is 11.8. The Bertz CT molecular complexity index is 652. The highest BCUT2D eigenvalue weighted by atomic mass is 16.1. The topological polar surface area (TPSA) is 65.8 Å². The van der Waals surface area contributed by atoms with E-state index in [9.17, 15) is 4.79 Å². The average molecular weight is 260 g/mol. The lowest BCUT2D eigenvalue weighted by Crippen LogP contribution is -2.24. The minimum absolute atomic E-state index is 0.126. The Morgan fingerprint density at radius 2 is 2.11 bits per heavy atom. The minimum Gasteiger partial charge on any atom is -0.394 e. The second-order valence-corrected chi connectivity index (χ2v) is 5.30. The van der Waals surface area contributed by atoms with Crippen molar-refractivity contribution in [3.63, 3.8) is 0 Å². The van der Waals surface area contributed by atoms with Gasteiger partial charge in [-0.2, -0.15) is 5.10 Å². The van der Waals surface area contributed by atoms with Crippen LogP contribution in [0.15, 0.2) is 23.3 Å². The fraction of sp³-hybridized carbons (Fsp3) is 0.429. The molecule has 0 atom stereocenters. The van der Waals surface area contributed by atoms with E-state index >= 15 is 0 Å².